The number of hydrogen-bond acceptors (Lipinski definition) is 8. The Bertz CT molecular complexity index is 509. The Morgan fingerprint density at radius 3 is 1.58 bits per heavy atom. The van der Waals surface area contributed by atoms with Crippen molar-refractivity contribution in [1.29, 1.82) is 0 Å². The van der Waals surface area contributed by atoms with Crippen LogP contribution in [-0.4, -0.2) is 60.5 Å². The van der Waals surface area contributed by atoms with Crippen LogP contribution < -0.4 is 0 Å². The standard InChI is InChI=1S/C15H18O9/c1-3-12(19)22-8-15(7-16,9-23-13(20)4-2)10-24-14(21)6-5-11(17)18/h3-6,16H,1-2,7-10H2,(H,17,18). The van der Waals surface area contributed by atoms with E-state index in [-0.39, 0.29) is 0 Å². The number of hydrogen-bond donors (Lipinski definition) is 2. The van der Waals surface area contributed by atoms with E-state index in [0.717, 1.165) is 12.2 Å². The Morgan fingerprint density at radius 2 is 1.25 bits per heavy atom. The second-order valence-corrected chi connectivity index (χ2v) is 4.56. The summed E-state index contributed by atoms with van der Waals surface area (Å²) in [5, 5.41) is 18.0. The lowest BCUT2D eigenvalue weighted by Crippen LogP contribution is -2.42. The zero-order valence-corrected chi connectivity index (χ0v) is 12.8. The zero-order chi connectivity index (χ0) is 18.6. The van der Waals surface area contributed by atoms with E-state index in [1.54, 1.807) is 0 Å². The fourth-order valence-electron chi connectivity index (χ4n) is 1.24. The van der Waals surface area contributed by atoms with E-state index in [0.29, 0.717) is 12.2 Å². The number of rotatable bonds is 11. The van der Waals surface area contributed by atoms with Gasteiger partial charge in [0.25, 0.3) is 0 Å². The summed E-state index contributed by atoms with van der Waals surface area (Å²) in [6.07, 6.45) is 3.01. The van der Waals surface area contributed by atoms with Gasteiger partial charge in [0.1, 0.15) is 19.8 Å². The van der Waals surface area contributed by atoms with Crippen LogP contribution in [0.1, 0.15) is 0 Å². The molecule has 0 aromatic rings. The third-order valence-corrected chi connectivity index (χ3v) is 2.59. The van der Waals surface area contributed by atoms with E-state index in [9.17, 15) is 24.3 Å². The SMILES string of the molecule is C=CC(=O)OCC(CO)(COC(=O)C=C)COC(=O)C=CC(=O)O. The Hall–Kier alpha value is -2.94. The molecule has 0 heterocycles. The van der Waals surface area contributed by atoms with Gasteiger partial charge in [-0.2, -0.15) is 0 Å². The molecular weight excluding hydrogens is 324 g/mol. The molecule has 2 N–H and O–H groups in total. The highest BCUT2D eigenvalue weighted by molar-refractivity contribution is 5.90. The number of aliphatic hydroxyl groups excluding tert-OH is 1. The molecule has 9 heteroatoms. The third kappa shape index (κ3) is 8.49. The van der Waals surface area contributed by atoms with E-state index in [2.05, 4.69) is 13.2 Å². The molecule has 0 aliphatic carbocycles. The Labute approximate surface area is 137 Å². The Morgan fingerprint density at radius 1 is 0.833 bits per heavy atom. The summed E-state index contributed by atoms with van der Waals surface area (Å²) in [5.41, 5.74) is -1.43. The van der Waals surface area contributed by atoms with Crippen molar-refractivity contribution in [2.75, 3.05) is 26.4 Å². The van der Waals surface area contributed by atoms with Gasteiger partial charge < -0.3 is 24.4 Å². The van der Waals surface area contributed by atoms with Gasteiger partial charge in [-0.25, -0.2) is 19.2 Å². The van der Waals surface area contributed by atoms with Crippen molar-refractivity contribution in [2.24, 2.45) is 5.41 Å². The van der Waals surface area contributed by atoms with Crippen LogP contribution in [0.25, 0.3) is 0 Å². The van der Waals surface area contributed by atoms with Gasteiger partial charge in [0.15, 0.2) is 0 Å². The van der Waals surface area contributed by atoms with Gasteiger partial charge >= 0.3 is 23.9 Å². The van der Waals surface area contributed by atoms with Crippen LogP contribution in [0, 0.1) is 5.41 Å². The van der Waals surface area contributed by atoms with E-state index in [1.165, 1.54) is 0 Å². The molecule has 132 valence electrons. The van der Waals surface area contributed by atoms with Gasteiger partial charge in [-0.3, -0.25) is 0 Å². The van der Waals surface area contributed by atoms with Crippen LogP contribution in [0.3, 0.4) is 0 Å². The normalized spacial score (nSPS) is 10.7. The fraction of sp³-hybridized carbons (Fsp3) is 0.333. The number of esters is 3. The van der Waals surface area contributed by atoms with Crippen molar-refractivity contribution < 1.29 is 43.6 Å². The van der Waals surface area contributed by atoms with E-state index in [4.69, 9.17) is 19.3 Å². The lowest BCUT2D eigenvalue weighted by Gasteiger charge is -2.29. The maximum atomic E-state index is 11.4. The number of carboxylic acids is 1. The first-order valence-corrected chi connectivity index (χ1v) is 6.55. The molecule has 0 radical (unpaired) electrons. The van der Waals surface area contributed by atoms with E-state index < -0.39 is 55.7 Å². The summed E-state index contributed by atoms with van der Waals surface area (Å²) in [6.45, 7) is 4.38. The Kier molecular flexibility index (Phi) is 9.42. The van der Waals surface area contributed by atoms with Crippen LogP contribution in [-0.2, 0) is 33.4 Å². The van der Waals surface area contributed by atoms with Crippen LogP contribution >= 0.6 is 0 Å². The molecular formula is C15H18O9. The monoisotopic (exact) mass is 342 g/mol. The number of aliphatic hydroxyl groups is 1. The highest BCUT2D eigenvalue weighted by Crippen LogP contribution is 2.19. The average Bonchev–Trinajstić information content (AvgIpc) is 2.58. The maximum absolute atomic E-state index is 11.4. The van der Waals surface area contributed by atoms with E-state index in [1.807, 2.05) is 0 Å². The zero-order valence-electron chi connectivity index (χ0n) is 12.8. The number of ether oxygens (including phenoxy) is 3. The van der Waals surface area contributed by atoms with Gasteiger partial charge in [-0.15, -0.1) is 0 Å². The Balaban J connectivity index is 4.97. The molecule has 0 atom stereocenters. The fourth-order valence-corrected chi connectivity index (χ4v) is 1.24. The van der Waals surface area contributed by atoms with Gasteiger partial charge in [0.05, 0.1) is 12.0 Å². The summed E-state index contributed by atoms with van der Waals surface area (Å²) in [5.74, 6) is -3.93. The molecule has 0 unspecified atom stereocenters. The average molecular weight is 342 g/mol. The number of aliphatic carboxylic acids is 1. The van der Waals surface area contributed by atoms with Crippen molar-refractivity contribution in [2.45, 2.75) is 0 Å². The van der Waals surface area contributed by atoms with Crippen molar-refractivity contribution in [1.82, 2.24) is 0 Å². The van der Waals surface area contributed by atoms with Crippen molar-refractivity contribution >= 4 is 23.9 Å². The second kappa shape index (κ2) is 10.7. The molecule has 0 saturated carbocycles. The highest BCUT2D eigenvalue weighted by atomic mass is 16.6. The largest absolute Gasteiger partial charge is 0.478 e. The summed E-state index contributed by atoms with van der Waals surface area (Å²) in [7, 11) is 0. The lowest BCUT2D eigenvalue weighted by atomic mass is 9.92. The predicted molar refractivity (Wildman–Crippen MR) is 79.6 cm³/mol. The quantitative estimate of drug-likeness (QED) is 0.292. The topological polar surface area (TPSA) is 136 Å². The van der Waals surface area contributed by atoms with Crippen LogP contribution in [0.4, 0.5) is 0 Å². The van der Waals surface area contributed by atoms with Crippen LogP contribution in [0.5, 0.6) is 0 Å². The predicted octanol–water partition coefficient (Wildman–Crippen LogP) is -0.392. The maximum Gasteiger partial charge on any atom is 0.331 e. The minimum atomic E-state index is -1.43. The molecule has 0 rings (SSSR count). The molecule has 0 aliphatic heterocycles. The molecule has 0 amide bonds. The van der Waals surface area contributed by atoms with Crippen molar-refractivity contribution in [3.8, 4) is 0 Å². The smallest absolute Gasteiger partial charge is 0.331 e. The van der Waals surface area contributed by atoms with Crippen LogP contribution in [0.2, 0.25) is 0 Å². The highest BCUT2D eigenvalue weighted by Gasteiger charge is 2.35. The summed E-state index contributed by atoms with van der Waals surface area (Å²) in [6, 6.07) is 0. The molecule has 0 saturated heterocycles. The van der Waals surface area contributed by atoms with Crippen molar-refractivity contribution in [3.63, 3.8) is 0 Å². The first kappa shape index (κ1) is 21.1. The van der Waals surface area contributed by atoms with Crippen molar-refractivity contribution in [3.05, 3.63) is 37.5 Å². The molecule has 0 aromatic heterocycles. The molecule has 0 fully saturated rings. The lowest BCUT2D eigenvalue weighted by molar-refractivity contribution is -0.159. The minimum absolute atomic E-state index is 0.436. The molecule has 0 aliphatic rings. The molecule has 0 spiro atoms. The summed E-state index contributed by atoms with van der Waals surface area (Å²) < 4.78 is 14.4. The summed E-state index contributed by atoms with van der Waals surface area (Å²) in [4.78, 5) is 44.0. The second-order valence-electron chi connectivity index (χ2n) is 4.56. The molecule has 9 nitrogen and oxygen atoms in total. The summed E-state index contributed by atoms with van der Waals surface area (Å²) >= 11 is 0. The first-order valence-electron chi connectivity index (χ1n) is 6.55. The first-order chi connectivity index (χ1) is 11.3. The van der Waals surface area contributed by atoms with Crippen LogP contribution in [0.15, 0.2) is 37.5 Å². The number of carbonyl (C=O) groups is 4. The molecule has 24 heavy (non-hydrogen) atoms. The van der Waals surface area contributed by atoms with Gasteiger partial charge in [-0.05, 0) is 0 Å². The van der Waals surface area contributed by atoms with Gasteiger partial charge in [-0.1, -0.05) is 13.2 Å². The molecule has 0 bridgehead atoms. The third-order valence-electron chi connectivity index (χ3n) is 2.59. The minimum Gasteiger partial charge on any atom is -0.478 e. The van der Waals surface area contributed by atoms with E-state index >= 15 is 0 Å². The number of carbonyl (C=O) groups excluding carboxylic acids is 3. The van der Waals surface area contributed by atoms with Gasteiger partial charge in [0.2, 0.25) is 0 Å². The molecule has 0 aromatic carbocycles. The number of carboxylic acid groups (broad SMARTS) is 1. The van der Waals surface area contributed by atoms with Gasteiger partial charge in [0, 0.05) is 24.3 Å².